The SMILES string of the molecule is c1ccc2nc(Cn3cccn3)ccc2c1. The van der Waals surface area contributed by atoms with E-state index < -0.39 is 0 Å². The van der Waals surface area contributed by atoms with Crippen molar-refractivity contribution < 1.29 is 0 Å². The third-order valence-electron chi connectivity index (χ3n) is 2.54. The van der Waals surface area contributed by atoms with Crippen LogP contribution in [-0.4, -0.2) is 14.8 Å². The van der Waals surface area contributed by atoms with Gasteiger partial charge in [-0.3, -0.25) is 9.67 Å². The van der Waals surface area contributed by atoms with E-state index in [9.17, 15) is 0 Å². The summed E-state index contributed by atoms with van der Waals surface area (Å²) < 4.78 is 1.87. The fourth-order valence-electron chi connectivity index (χ4n) is 1.76. The molecule has 16 heavy (non-hydrogen) atoms. The third-order valence-corrected chi connectivity index (χ3v) is 2.54. The van der Waals surface area contributed by atoms with Crippen molar-refractivity contribution in [3.8, 4) is 0 Å². The first-order valence-corrected chi connectivity index (χ1v) is 5.24. The van der Waals surface area contributed by atoms with E-state index >= 15 is 0 Å². The molecule has 2 heterocycles. The normalized spacial score (nSPS) is 10.8. The van der Waals surface area contributed by atoms with Gasteiger partial charge in [0, 0.05) is 17.8 Å². The Morgan fingerprint density at radius 1 is 1.00 bits per heavy atom. The van der Waals surface area contributed by atoms with Crippen LogP contribution >= 0.6 is 0 Å². The lowest BCUT2D eigenvalue weighted by Gasteiger charge is -2.03. The summed E-state index contributed by atoms with van der Waals surface area (Å²) >= 11 is 0. The molecule has 0 N–H and O–H groups in total. The van der Waals surface area contributed by atoms with Crippen molar-refractivity contribution in [1.29, 1.82) is 0 Å². The maximum atomic E-state index is 4.59. The van der Waals surface area contributed by atoms with E-state index in [0.717, 1.165) is 17.8 Å². The number of aromatic nitrogens is 3. The number of rotatable bonds is 2. The first-order chi connectivity index (χ1) is 7.92. The Hall–Kier alpha value is -2.16. The highest BCUT2D eigenvalue weighted by molar-refractivity contribution is 5.78. The van der Waals surface area contributed by atoms with Crippen LogP contribution in [0.4, 0.5) is 0 Å². The highest BCUT2D eigenvalue weighted by Crippen LogP contribution is 2.12. The molecule has 0 aliphatic carbocycles. The van der Waals surface area contributed by atoms with Crippen LogP contribution in [0.2, 0.25) is 0 Å². The van der Waals surface area contributed by atoms with Crippen molar-refractivity contribution in [2.75, 3.05) is 0 Å². The van der Waals surface area contributed by atoms with Crippen LogP contribution in [0, 0.1) is 0 Å². The van der Waals surface area contributed by atoms with E-state index in [1.165, 1.54) is 5.39 Å². The Bertz CT molecular complexity index is 599. The van der Waals surface area contributed by atoms with Gasteiger partial charge >= 0.3 is 0 Å². The molecular formula is C13H11N3. The Labute approximate surface area is 93.4 Å². The monoisotopic (exact) mass is 209 g/mol. The zero-order valence-electron chi connectivity index (χ0n) is 8.74. The molecule has 0 amide bonds. The number of hydrogen-bond donors (Lipinski definition) is 0. The second-order valence-corrected chi connectivity index (χ2v) is 3.70. The van der Waals surface area contributed by atoms with E-state index in [2.05, 4.69) is 22.2 Å². The maximum Gasteiger partial charge on any atom is 0.0831 e. The van der Waals surface area contributed by atoms with Gasteiger partial charge in [-0.15, -0.1) is 0 Å². The van der Waals surface area contributed by atoms with E-state index in [-0.39, 0.29) is 0 Å². The number of para-hydroxylation sites is 1. The largest absolute Gasteiger partial charge is 0.267 e. The molecule has 3 aromatic rings. The van der Waals surface area contributed by atoms with Gasteiger partial charge in [-0.05, 0) is 18.2 Å². The average Bonchev–Trinajstić information content (AvgIpc) is 2.82. The summed E-state index contributed by atoms with van der Waals surface area (Å²) in [7, 11) is 0. The summed E-state index contributed by atoms with van der Waals surface area (Å²) in [5, 5.41) is 5.34. The predicted octanol–water partition coefficient (Wildman–Crippen LogP) is 2.48. The molecule has 3 rings (SSSR count). The van der Waals surface area contributed by atoms with Crippen LogP contribution in [0.3, 0.4) is 0 Å². The summed E-state index contributed by atoms with van der Waals surface area (Å²) in [5.74, 6) is 0. The average molecular weight is 209 g/mol. The topological polar surface area (TPSA) is 30.7 Å². The summed E-state index contributed by atoms with van der Waals surface area (Å²) in [6, 6.07) is 14.2. The first kappa shape index (κ1) is 9.09. The molecule has 0 atom stereocenters. The molecule has 78 valence electrons. The Kier molecular flexibility index (Phi) is 2.14. The lowest BCUT2D eigenvalue weighted by atomic mass is 10.2. The van der Waals surface area contributed by atoms with Crippen LogP contribution in [-0.2, 0) is 6.54 Å². The second-order valence-electron chi connectivity index (χ2n) is 3.70. The molecule has 0 saturated heterocycles. The summed E-state index contributed by atoms with van der Waals surface area (Å²) in [6.45, 7) is 0.720. The van der Waals surface area contributed by atoms with E-state index in [0.29, 0.717) is 0 Å². The van der Waals surface area contributed by atoms with Gasteiger partial charge in [0.2, 0.25) is 0 Å². The van der Waals surface area contributed by atoms with E-state index in [4.69, 9.17) is 0 Å². The van der Waals surface area contributed by atoms with Gasteiger partial charge in [-0.25, -0.2) is 0 Å². The second kappa shape index (κ2) is 3.77. The Morgan fingerprint density at radius 3 is 2.81 bits per heavy atom. The van der Waals surface area contributed by atoms with Crippen molar-refractivity contribution >= 4 is 10.9 Å². The maximum absolute atomic E-state index is 4.59. The van der Waals surface area contributed by atoms with Gasteiger partial charge < -0.3 is 0 Å². The molecule has 0 radical (unpaired) electrons. The zero-order chi connectivity index (χ0) is 10.8. The number of nitrogens with zero attached hydrogens (tertiary/aromatic N) is 3. The molecule has 2 aromatic heterocycles. The number of fused-ring (bicyclic) bond motifs is 1. The summed E-state index contributed by atoms with van der Waals surface area (Å²) in [6.07, 6.45) is 3.72. The van der Waals surface area contributed by atoms with Crippen LogP contribution < -0.4 is 0 Å². The molecule has 0 aliphatic heterocycles. The molecule has 0 aliphatic rings. The van der Waals surface area contributed by atoms with Crippen LogP contribution in [0.5, 0.6) is 0 Å². The zero-order valence-corrected chi connectivity index (χ0v) is 8.74. The Morgan fingerprint density at radius 2 is 1.94 bits per heavy atom. The summed E-state index contributed by atoms with van der Waals surface area (Å²) in [4.78, 5) is 4.59. The minimum Gasteiger partial charge on any atom is -0.267 e. The fraction of sp³-hybridized carbons (Fsp3) is 0.0769. The van der Waals surface area contributed by atoms with E-state index in [1.54, 1.807) is 6.20 Å². The molecular weight excluding hydrogens is 198 g/mol. The standard InChI is InChI=1S/C13H11N3/c1-2-5-13-11(4-1)6-7-12(15-13)10-16-9-3-8-14-16/h1-9H,10H2. The Balaban J connectivity index is 1.99. The van der Waals surface area contributed by atoms with Gasteiger partial charge in [0.1, 0.15) is 0 Å². The van der Waals surface area contributed by atoms with Crippen molar-refractivity contribution in [2.24, 2.45) is 0 Å². The molecule has 0 saturated carbocycles. The van der Waals surface area contributed by atoms with E-state index in [1.807, 2.05) is 41.2 Å². The fourth-order valence-corrected chi connectivity index (χ4v) is 1.76. The third kappa shape index (κ3) is 1.67. The molecule has 3 nitrogen and oxygen atoms in total. The minimum atomic E-state index is 0.720. The van der Waals surface area contributed by atoms with Crippen molar-refractivity contribution in [2.45, 2.75) is 6.54 Å². The molecule has 0 spiro atoms. The summed E-state index contributed by atoms with van der Waals surface area (Å²) in [5.41, 5.74) is 2.06. The van der Waals surface area contributed by atoms with Crippen molar-refractivity contribution in [1.82, 2.24) is 14.8 Å². The quantitative estimate of drug-likeness (QED) is 0.649. The molecule has 0 fully saturated rings. The van der Waals surface area contributed by atoms with Gasteiger partial charge in [0.25, 0.3) is 0 Å². The molecule has 0 bridgehead atoms. The van der Waals surface area contributed by atoms with Gasteiger partial charge in [-0.2, -0.15) is 5.10 Å². The highest BCUT2D eigenvalue weighted by Gasteiger charge is 1.98. The number of benzene rings is 1. The highest BCUT2D eigenvalue weighted by atomic mass is 15.3. The van der Waals surface area contributed by atoms with Gasteiger partial charge in [-0.1, -0.05) is 24.3 Å². The molecule has 1 aromatic carbocycles. The smallest absolute Gasteiger partial charge is 0.0831 e. The van der Waals surface area contributed by atoms with Gasteiger partial charge in [0.05, 0.1) is 17.8 Å². The lowest BCUT2D eigenvalue weighted by molar-refractivity contribution is 0.675. The lowest BCUT2D eigenvalue weighted by Crippen LogP contribution is -2.01. The number of hydrogen-bond acceptors (Lipinski definition) is 2. The number of pyridine rings is 1. The molecule has 3 heteroatoms. The van der Waals surface area contributed by atoms with Crippen LogP contribution in [0.25, 0.3) is 10.9 Å². The minimum absolute atomic E-state index is 0.720. The van der Waals surface area contributed by atoms with Crippen LogP contribution in [0.1, 0.15) is 5.69 Å². The predicted molar refractivity (Wildman–Crippen MR) is 63.1 cm³/mol. The first-order valence-electron chi connectivity index (χ1n) is 5.24. The van der Waals surface area contributed by atoms with Crippen LogP contribution in [0.15, 0.2) is 54.9 Å². The van der Waals surface area contributed by atoms with Crippen molar-refractivity contribution in [3.05, 3.63) is 60.6 Å². The van der Waals surface area contributed by atoms with Crippen molar-refractivity contribution in [3.63, 3.8) is 0 Å². The van der Waals surface area contributed by atoms with Gasteiger partial charge in [0.15, 0.2) is 0 Å². The molecule has 0 unspecified atom stereocenters.